The summed E-state index contributed by atoms with van der Waals surface area (Å²) in [7, 11) is 0. The van der Waals surface area contributed by atoms with Gasteiger partial charge in [-0.1, -0.05) is 15.9 Å². The normalized spacial score (nSPS) is 17.8. The summed E-state index contributed by atoms with van der Waals surface area (Å²) in [6.45, 7) is 2.90. The number of amides is 2. The summed E-state index contributed by atoms with van der Waals surface area (Å²) in [5.74, 6) is -0.693. The van der Waals surface area contributed by atoms with E-state index in [1.807, 2.05) is 31.2 Å². The number of primary amides is 1. The highest BCUT2D eigenvalue weighted by atomic mass is 79.9. The molecular weight excluding hydrogens is 372 g/mol. The molecule has 2 N–H and O–H groups in total. The third-order valence-corrected chi connectivity index (χ3v) is 4.95. The van der Waals surface area contributed by atoms with E-state index in [0.717, 1.165) is 28.7 Å². The summed E-state index contributed by atoms with van der Waals surface area (Å²) < 4.78 is 2.73. The quantitative estimate of drug-likeness (QED) is 0.872. The Balaban J connectivity index is 1.83. The first-order valence-electron chi connectivity index (χ1n) is 7.86. The summed E-state index contributed by atoms with van der Waals surface area (Å²) in [4.78, 5) is 25.9. The van der Waals surface area contributed by atoms with Crippen LogP contribution in [0.1, 0.15) is 28.9 Å². The van der Waals surface area contributed by atoms with Gasteiger partial charge in [0.15, 0.2) is 0 Å². The maximum Gasteiger partial charge on any atom is 0.257 e. The Morgan fingerprint density at radius 3 is 2.67 bits per heavy atom. The van der Waals surface area contributed by atoms with Crippen LogP contribution >= 0.6 is 15.9 Å². The van der Waals surface area contributed by atoms with Crippen molar-refractivity contribution in [3.8, 4) is 5.69 Å². The first kappa shape index (κ1) is 16.7. The molecule has 1 aliphatic heterocycles. The highest BCUT2D eigenvalue weighted by molar-refractivity contribution is 9.10. The van der Waals surface area contributed by atoms with Crippen LogP contribution in [0.25, 0.3) is 5.69 Å². The number of hydrogen-bond acceptors (Lipinski definition) is 3. The lowest BCUT2D eigenvalue weighted by Gasteiger charge is -2.31. The van der Waals surface area contributed by atoms with Gasteiger partial charge in [-0.2, -0.15) is 5.10 Å². The number of carbonyl (C=O) groups is 2. The fraction of sp³-hybridized carbons (Fsp3) is 0.353. The molecule has 1 fully saturated rings. The summed E-state index contributed by atoms with van der Waals surface area (Å²) in [5.41, 5.74) is 7.62. The molecule has 24 heavy (non-hydrogen) atoms. The van der Waals surface area contributed by atoms with Crippen LogP contribution in [0.15, 0.2) is 34.9 Å². The molecule has 1 atom stereocenters. The largest absolute Gasteiger partial charge is 0.369 e. The van der Waals surface area contributed by atoms with E-state index < -0.39 is 0 Å². The van der Waals surface area contributed by atoms with E-state index in [2.05, 4.69) is 21.0 Å². The van der Waals surface area contributed by atoms with Crippen LogP contribution in [-0.4, -0.2) is 39.6 Å². The molecule has 0 bridgehead atoms. The maximum atomic E-state index is 12.8. The maximum absolute atomic E-state index is 12.8. The number of aromatic nitrogens is 2. The van der Waals surface area contributed by atoms with Crippen LogP contribution in [0, 0.1) is 12.8 Å². The van der Waals surface area contributed by atoms with Gasteiger partial charge in [-0.3, -0.25) is 9.59 Å². The Morgan fingerprint density at radius 2 is 2.00 bits per heavy atom. The van der Waals surface area contributed by atoms with Gasteiger partial charge >= 0.3 is 0 Å². The molecule has 2 aromatic rings. The molecule has 7 heteroatoms. The number of hydrogen-bond donors (Lipinski definition) is 1. The number of nitrogens with two attached hydrogens (primary N) is 1. The molecule has 0 aliphatic carbocycles. The highest BCUT2D eigenvalue weighted by Gasteiger charge is 2.29. The van der Waals surface area contributed by atoms with E-state index in [-0.39, 0.29) is 17.7 Å². The minimum absolute atomic E-state index is 0.0955. The number of carbonyl (C=O) groups excluding carboxylic acids is 2. The van der Waals surface area contributed by atoms with Crippen LogP contribution in [-0.2, 0) is 4.79 Å². The molecule has 1 aliphatic rings. The Hall–Kier alpha value is -2.15. The SMILES string of the molecule is Cc1c(C(=O)N2CCCC(C(N)=O)C2)cnn1-c1ccc(Br)cc1. The minimum Gasteiger partial charge on any atom is -0.369 e. The van der Waals surface area contributed by atoms with E-state index in [4.69, 9.17) is 5.73 Å². The van der Waals surface area contributed by atoms with Gasteiger partial charge in [0.25, 0.3) is 5.91 Å². The van der Waals surface area contributed by atoms with Gasteiger partial charge in [0.1, 0.15) is 0 Å². The number of likely N-dealkylation sites (tertiary alicyclic amines) is 1. The average Bonchev–Trinajstić information content (AvgIpc) is 2.96. The second-order valence-electron chi connectivity index (χ2n) is 6.02. The van der Waals surface area contributed by atoms with E-state index in [0.29, 0.717) is 18.7 Å². The number of nitrogens with zero attached hydrogens (tertiary/aromatic N) is 3. The fourth-order valence-electron chi connectivity index (χ4n) is 3.03. The zero-order chi connectivity index (χ0) is 17.3. The number of benzene rings is 1. The monoisotopic (exact) mass is 390 g/mol. The predicted octanol–water partition coefficient (Wildman–Crippen LogP) is 2.28. The molecule has 2 heterocycles. The number of piperidine rings is 1. The van der Waals surface area contributed by atoms with Crippen molar-refractivity contribution in [3.05, 3.63) is 46.2 Å². The van der Waals surface area contributed by atoms with Crippen molar-refractivity contribution in [1.29, 1.82) is 0 Å². The van der Waals surface area contributed by atoms with Crippen molar-refractivity contribution >= 4 is 27.7 Å². The lowest BCUT2D eigenvalue weighted by atomic mass is 9.97. The standard InChI is InChI=1S/C17H19BrN4O2/c1-11-15(9-20-22(11)14-6-4-13(18)5-7-14)17(24)21-8-2-3-12(10-21)16(19)23/h4-7,9,12H,2-3,8,10H2,1H3,(H2,19,23). The van der Waals surface area contributed by atoms with Crippen LogP contribution < -0.4 is 5.73 Å². The highest BCUT2D eigenvalue weighted by Crippen LogP contribution is 2.21. The van der Waals surface area contributed by atoms with E-state index in [1.54, 1.807) is 15.8 Å². The summed E-state index contributed by atoms with van der Waals surface area (Å²) in [5, 5.41) is 4.35. The smallest absolute Gasteiger partial charge is 0.257 e. The zero-order valence-corrected chi connectivity index (χ0v) is 15.0. The second kappa shape index (κ2) is 6.76. The fourth-order valence-corrected chi connectivity index (χ4v) is 3.29. The van der Waals surface area contributed by atoms with Gasteiger partial charge in [0, 0.05) is 17.6 Å². The summed E-state index contributed by atoms with van der Waals surface area (Å²) in [6.07, 6.45) is 3.13. The second-order valence-corrected chi connectivity index (χ2v) is 6.94. The van der Waals surface area contributed by atoms with Gasteiger partial charge in [-0.25, -0.2) is 4.68 Å². The Kier molecular flexibility index (Phi) is 4.71. The molecule has 1 aromatic heterocycles. The van der Waals surface area contributed by atoms with Crippen molar-refractivity contribution < 1.29 is 9.59 Å². The molecule has 3 rings (SSSR count). The first-order chi connectivity index (χ1) is 11.5. The van der Waals surface area contributed by atoms with Crippen molar-refractivity contribution in [3.63, 3.8) is 0 Å². The van der Waals surface area contributed by atoms with Gasteiger partial charge in [-0.05, 0) is 44.0 Å². The van der Waals surface area contributed by atoms with Gasteiger partial charge in [0.05, 0.1) is 29.1 Å². The number of halogens is 1. The van der Waals surface area contributed by atoms with Crippen molar-refractivity contribution in [2.75, 3.05) is 13.1 Å². The molecule has 1 saturated heterocycles. The third kappa shape index (κ3) is 3.21. The van der Waals surface area contributed by atoms with Crippen molar-refractivity contribution in [1.82, 2.24) is 14.7 Å². The Morgan fingerprint density at radius 1 is 1.29 bits per heavy atom. The van der Waals surface area contributed by atoms with Crippen molar-refractivity contribution in [2.45, 2.75) is 19.8 Å². The summed E-state index contributed by atoms with van der Waals surface area (Å²) in [6, 6.07) is 7.73. The van der Waals surface area contributed by atoms with Crippen LogP contribution in [0.3, 0.4) is 0 Å². The molecule has 126 valence electrons. The lowest BCUT2D eigenvalue weighted by Crippen LogP contribution is -2.44. The van der Waals surface area contributed by atoms with Gasteiger partial charge < -0.3 is 10.6 Å². The third-order valence-electron chi connectivity index (χ3n) is 4.42. The lowest BCUT2D eigenvalue weighted by molar-refractivity contribution is -0.123. The molecule has 0 saturated carbocycles. The molecule has 1 aromatic carbocycles. The van der Waals surface area contributed by atoms with E-state index in [1.165, 1.54) is 0 Å². The molecule has 2 amide bonds. The topological polar surface area (TPSA) is 81.2 Å². The van der Waals surface area contributed by atoms with Gasteiger partial charge in [0.2, 0.25) is 5.91 Å². The Bertz CT molecular complexity index is 769. The minimum atomic E-state index is -0.338. The number of rotatable bonds is 3. The summed E-state index contributed by atoms with van der Waals surface area (Å²) >= 11 is 3.41. The van der Waals surface area contributed by atoms with Gasteiger partial charge in [-0.15, -0.1) is 0 Å². The molecule has 1 unspecified atom stereocenters. The van der Waals surface area contributed by atoms with Crippen LogP contribution in [0.4, 0.5) is 0 Å². The van der Waals surface area contributed by atoms with E-state index in [9.17, 15) is 9.59 Å². The Labute approximate surface area is 148 Å². The zero-order valence-electron chi connectivity index (χ0n) is 13.4. The average molecular weight is 391 g/mol. The van der Waals surface area contributed by atoms with E-state index >= 15 is 0 Å². The first-order valence-corrected chi connectivity index (χ1v) is 8.66. The van der Waals surface area contributed by atoms with Crippen LogP contribution in [0.2, 0.25) is 0 Å². The van der Waals surface area contributed by atoms with Crippen LogP contribution in [0.5, 0.6) is 0 Å². The molecule has 0 spiro atoms. The predicted molar refractivity (Wildman–Crippen MR) is 93.8 cm³/mol. The van der Waals surface area contributed by atoms with Crippen molar-refractivity contribution in [2.24, 2.45) is 11.7 Å². The molecule has 0 radical (unpaired) electrons. The molecular formula is C17H19BrN4O2. The molecule has 6 nitrogen and oxygen atoms in total.